The average molecular weight is 424 g/mol. The zero-order chi connectivity index (χ0) is 21.1. The number of carbonyl (C=O) groups excluding carboxylic acids is 2. The van der Waals surface area contributed by atoms with Gasteiger partial charge in [0, 0.05) is 24.6 Å². The summed E-state index contributed by atoms with van der Waals surface area (Å²) in [7, 11) is 2.98. The lowest BCUT2D eigenvalue weighted by molar-refractivity contribution is -0.117. The third-order valence-corrected chi connectivity index (χ3v) is 5.86. The Morgan fingerprint density at radius 1 is 1.07 bits per heavy atom. The summed E-state index contributed by atoms with van der Waals surface area (Å²) >= 11 is 1.26. The quantitative estimate of drug-likeness (QED) is 0.652. The largest absolute Gasteiger partial charge is 0.496 e. The van der Waals surface area contributed by atoms with Crippen molar-refractivity contribution in [1.29, 1.82) is 0 Å². The van der Waals surface area contributed by atoms with Crippen molar-refractivity contribution in [3.8, 4) is 11.5 Å². The van der Waals surface area contributed by atoms with Gasteiger partial charge >= 0.3 is 0 Å². The normalized spacial score (nSPS) is 15.9. The third kappa shape index (κ3) is 3.84. The molecule has 1 aliphatic heterocycles. The molecule has 2 amide bonds. The second-order valence-electron chi connectivity index (χ2n) is 6.68. The Kier molecular flexibility index (Phi) is 5.62. The van der Waals surface area contributed by atoms with E-state index in [4.69, 9.17) is 9.47 Å². The predicted octanol–water partition coefficient (Wildman–Crippen LogP) is 3.33. The zero-order valence-corrected chi connectivity index (χ0v) is 17.3. The lowest BCUT2D eigenvalue weighted by Gasteiger charge is -2.15. The maximum Gasteiger partial charge on any atom is 0.265 e. The molecule has 2 aromatic carbocycles. The molecule has 1 atom stereocenters. The molecule has 1 N–H and O–H groups in total. The van der Waals surface area contributed by atoms with E-state index >= 15 is 0 Å². The summed E-state index contributed by atoms with van der Waals surface area (Å²) in [6.45, 7) is 0.533. The first-order chi connectivity index (χ1) is 14.6. The number of aromatic nitrogens is 2. The Labute approximate surface area is 177 Å². The van der Waals surface area contributed by atoms with Crippen molar-refractivity contribution < 1.29 is 19.1 Å². The van der Waals surface area contributed by atoms with Crippen LogP contribution in [0, 0.1) is 0 Å². The van der Waals surface area contributed by atoms with Crippen molar-refractivity contribution in [2.75, 3.05) is 31.0 Å². The molecule has 1 aliphatic rings. The molecule has 1 unspecified atom stereocenters. The van der Waals surface area contributed by atoms with Crippen LogP contribution in [0.4, 0.5) is 10.8 Å². The minimum atomic E-state index is -0.402. The number of hydrogen-bond acceptors (Lipinski definition) is 7. The third-order valence-electron chi connectivity index (χ3n) is 4.86. The Morgan fingerprint density at radius 2 is 1.77 bits per heavy atom. The molecule has 2 heterocycles. The van der Waals surface area contributed by atoms with Gasteiger partial charge in [0.25, 0.3) is 5.91 Å². The van der Waals surface area contributed by atoms with Gasteiger partial charge in [0.2, 0.25) is 11.0 Å². The number of nitrogens with one attached hydrogen (secondary N) is 1. The molecular formula is C21H20N4O4S. The zero-order valence-electron chi connectivity index (χ0n) is 16.5. The van der Waals surface area contributed by atoms with Crippen LogP contribution >= 0.6 is 11.3 Å². The SMILES string of the molecule is COc1cccc(OC)c1C(=O)Nc1nnc(C2CC(=O)N(c3ccccc3)C2)s1. The summed E-state index contributed by atoms with van der Waals surface area (Å²) in [6.07, 6.45) is 0.359. The molecule has 3 aromatic rings. The van der Waals surface area contributed by atoms with E-state index in [0.717, 1.165) is 5.69 Å². The van der Waals surface area contributed by atoms with Crippen LogP contribution in [-0.4, -0.2) is 42.8 Å². The lowest BCUT2D eigenvalue weighted by Crippen LogP contribution is -2.24. The molecule has 0 spiro atoms. The number of carbonyl (C=O) groups is 2. The number of benzene rings is 2. The van der Waals surface area contributed by atoms with Crippen LogP contribution < -0.4 is 19.7 Å². The number of ether oxygens (including phenoxy) is 2. The average Bonchev–Trinajstić information content (AvgIpc) is 3.40. The van der Waals surface area contributed by atoms with Crippen molar-refractivity contribution in [2.45, 2.75) is 12.3 Å². The topological polar surface area (TPSA) is 93.6 Å². The van der Waals surface area contributed by atoms with Crippen LogP contribution in [0.2, 0.25) is 0 Å². The number of nitrogens with zero attached hydrogens (tertiary/aromatic N) is 3. The second-order valence-corrected chi connectivity index (χ2v) is 7.69. The highest BCUT2D eigenvalue weighted by atomic mass is 32.1. The van der Waals surface area contributed by atoms with Crippen LogP contribution in [0.15, 0.2) is 48.5 Å². The smallest absolute Gasteiger partial charge is 0.265 e. The summed E-state index contributed by atoms with van der Waals surface area (Å²) in [4.78, 5) is 27.0. The standard InChI is InChI=1S/C21H20N4O4S/c1-28-15-9-6-10-16(29-2)18(15)19(27)22-21-24-23-20(30-21)13-11-17(26)25(12-13)14-7-4-3-5-8-14/h3-10,13H,11-12H2,1-2H3,(H,22,24,27). The van der Waals surface area contributed by atoms with Crippen molar-refractivity contribution in [2.24, 2.45) is 0 Å². The molecule has 8 nitrogen and oxygen atoms in total. The van der Waals surface area contributed by atoms with Crippen LogP contribution in [-0.2, 0) is 4.79 Å². The van der Waals surface area contributed by atoms with E-state index in [9.17, 15) is 9.59 Å². The summed E-state index contributed by atoms with van der Waals surface area (Å²) in [5, 5.41) is 12.1. The minimum absolute atomic E-state index is 0.0470. The molecule has 1 saturated heterocycles. The first-order valence-electron chi connectivity index (χ1n) is 9.32. The van der Waals surface area contributed by atoms with E-state index in [-0.39, 0.29) is 17.4 Å². The molecule has 154 valence electrons. The van der Waals surface area contributed by atoms with Gasteiger partial charge in [0.1, 0.15) is 22.1 Å². The fraction of sp³-hybridized carbons (Fsp3) is 0.238. The van der Waals surface area contributed by atoms with E-state index in [0.29, 0.717) is 34.6 Å². The van der Waals surface area contributed by atoms with E-state index in [2.05, 4.69) is 15.5 Å². The maximum atomic E-state index is 12.8. The Hall–Kier alpha value is -3.46. The number of anilines is 2. The number of rotatable bonds is 6. The van der Waals surface area contributed by atoms with E-state index in [1.165, 1.54) is 25.6 Å². The van der Waals surface area contributed by atoms with E-state index in [1.807, 2.05) is 30.3 Å². The second kappa shape index (κ2) is 8.50. The molecule has 0 aliphatic carbocycles. The fourth-order valence-corrected chi connectivity index (χ4v) is 4.24. The monoisotopic (exact) mass is 424 g/mol. The minimum Gasteiger partial charge on any atom is -0.496 e. The van der Waals surface area contributed by atoms with E-state index in [1.54, 1.807) is 23.1 Å². The molecular weight excluding hydrogens is 404 g/mol. The predicted molar refractivity (Wildman–Crippen MR) is 114 cm³/mol. The van der Waals surface area contributed by atoms with Crippen LogP contribution in [0.25, 0.3) is 0 Å². The maximum absolute atomic E-state index is 12.8. The van der Waals surface area contributed by atoms with Gasteiger partial charge < -0.3 is 14.4 Å². The highest BCUT2D eigenvalue weighted by Crippen LogP contribution is 2.35. The molecule has 0 bridgehead atoms. The molecule has 1 aromatic heterocycles. The van der Waals surface area contributed by atoms with Gasteiger partial charge in [-0.3, -0.25) is 14.9 Å². The summed E-state index contributed by atoms with van der Waals surface area (Å²) < 4.78 is 10.6. The van der Waals surface area contributed by atoms with Crippen LogP contribution in [0.5, 0.6) is 11.5 Å². The number of methoxy groups -OCH3 is 2. The molecule has 0 saturated carbocycles. The summed E-state index contributed by atoms with van der Waals surface area (Å²) in [5.41, 5.74) is 1.15. The van der Waals surface area contributed by atoms with Crippen molar-refractivity contribution in [3.63, 3.8) is 0 Å². The van der Waals surface area contributed by atoms with Gasteiger partial charge in [-0.05, 0) is 24.3 Å². The Bertz CT molecular complexity index is 1050. The first kappa shape index (κ1) is 19.8. The molecule has 4 rings (SSSR count). The van der Waals surface area contributed by atoms with Crippen molar-refractivity contribution in [3.05, 3.63) is 59.1 Å². The number of hydrogen-bond donors (Lipinski definition) is 1. The molecule has 1 fully saturated rings. The van der Waals surface area contributed by atoms with Crippen molar-refractivity contribution >= 4 is 34.0 Å². The first-order valence-corrected chi connectivity index (χ1v) is 10.1. The summed E-state index contributed by atoms with van der Waals surface area (Å²) in [6, 6.07) is 14.7. The Morgan fingerprint density at radius 3 is 2.43 bits per heavy atom. The van der Waals surface area contributed by atoms with Gasteiger partial charge in [-0.15, -0.1) is 10.2 Å². The van der Waals surface area contributed by atoms with Crippen LogP contribution in [0.1, 0.15) is 27.7 Å². The number of para-hydroxylation sites is 1. The molecule has 0 radical (unpaired) electrons. The Balaban J connectivity index is 1.49. The van der Waals surface area contributed by atoms with Gasteiger partial charge in [0.15, 0.2) is 0 Å². The summed E-state index contributed by atoms with van der Waals surface area (Å²) in [5.74, 6) is 0.376. The highest BCUT2D eigenvalue weighted by molar-refractivity contribution is 7.15. The van der Waals surface area contributed by atoms with Gasteiger partial charge in [-0.25, -0.2) is 0 Å². The highest BCUT2D eigenvalue weighted by Gasteiger charge is 2.34. The molecule has 30 heavy (non-hydrogen) atoms. The van der Waals surface area contributed by atoms with Gasteiger partial charge in [-0.2, -0.15) is 0 Å². The van der Waals surface area contributed by atoms with Gasteiger partial charge in [-0.1, -0.05) is 35.6 Å². The number of amides is 2. The van der Waals surface area contributed by atoms with Gasteiger partial charge in [0.05, 0.1) is 14.2 Å². The van der Waals surface area contributed by atoms with E-state index < -0.39 is 5.91 Å². The molecule has 9 heteroatoms. The van der Waals surface area contributed by atoms with Crippen molar-refractivity contribution in [1.82, 2.24) is 10.2 Å². The fourth-order valence-electron chi connectivity index (χ4n) is 3.42. The van der Waals surface area contributed by atoms with Crippen LogP contribution in [0.3, 0.4) is 0 Å². The lowest BCUT2D eigenvalue weighted by atomic mass is 10.1.